The van der Waals surface area contributed by atoms with Gasteiger partial charge in [0.25, 0.3) is 5.91 Å². The van der Waals surface area contributed by atoms with Crippen LogP contribution in [0.3, 0.4) is 0 Å². The summed E-state index contributed by atoms with van der Waals surface area (Å²) in [5, 5.41) is 8.96. The Morgan fingerprint density at radius 2 is 1.73 bits per heavy atom. The van der Waals surface area contributed by atoms with E-state index in [-0.39, 0.29) is 18.1 Å². The van der Waals surface area contributed by atoms with Gasteiger partial charge < -0.3 is 19.6 Å². The van der Waals surface area contributed by atoms with Gasteiger partial charge in [-0.1, -0.05) is 12.1 Å². The maximum absolute atomic E-state index is 12.3. The zero-order chi connectivity index (χ0) is 18.5. The number of rotatable bonds is 5. The highest BCUT2D eigenvalue weighted by Crippen LogP contribution is 2.18. The van der Waals surface area contributed by atoms with Gasteiger partial charge in [-0.2, -0.15) is 0 Å². The van der Waals surface area contributed by atoms with E-state index in [0.29, 0.717) is 31.9 Å². The van der Waals surface area contributed by atoms with E-state index in [0.717, 1.165) is 11.3 Å². The summed E-state index contributed by atoms with van der Waals surface area (Å²) in [4.78, 5) is 27.2. The van der Waals surface area contributed by atoms with Crippen LogP contribution in [0, 0.1) is 6.92 Å². The Balaban J connectivity index is 1.49. The van der Waals surface area contributed by atoms with Crippen LogP contribution in [-0.2, 0) is 4.79 Å². The number of nitrogens with zero attached hydrogens (tertiary/aromatic N) is 2. The summed E-state index contributed by atoms with van der Waals surface area (Å²) >= 11 is 0. The number of hydrogen-bond acceptors (Lipinski definition) is 4. The molecule has 3 rings (SSSR count). The van der Waals surface area contributed by atoms with E-state index in [1.165, 1.54) is 0 Å². The molecule has 1 fully saturated rings. The maximum Gasteiger partial charge on any atom is 0.335 e. The third-order valence-electron chi connectivity index (χ3n) is 4.46. The quantitative estimate of drug-likeness (QED) is 0.893. The van der Waals surface area contributed by atoms with Crippen molar-refractivity contribution in [3.63, 3.8) is 0 Å². The van der Waals surface area contributed by atoms with Crippen LogP contribution in [0.1, 0.15) is 15.9 Å². The van der Waals surface area contributed by atoms with E-state index in [4.69, 9.17) is 9.84 Å². The molecular formula is C20H22N2O4. The second-order valence-corrected chi connectivity index (χ2v) is 6.33. The van der Waals surface area contributed by atoms with Crippen molar-refractivity contribution in [1.82, 2.24) is 4.90 Å². The highest BCUT2D eigenvalue weighted by molar-refractivity contribution is 5.88. The van der Waals surface area contributed by atoms with Gasteiger partial charge in [0.2, 0.25) is 0 Å². The summed E-state index contributed by atoms with van der Waals surface area (Å²) in [7, 11) is 0. The highest BCUT2D eigenvalue weighted by atomic mass is 16.5. The lowest BCUT2D eigenvalue weighted by Crippen LogP contribution is -2.50. The molecule has 0 unspecified atom stereocenters. The highest BCUT2D eigenvalue weighted by Gasteiger charge is 2.21. The van der Waals surface area contributed by atoms with Crippen molar-refractivity contribution < 1.29 is 19.4 Å². The lowest BCUT2D eigenvalue weighted by atomic mass is 10.2. The summed E-state index contributed by atoms with van der Waals surface area (Å²) in [5.74, 6) is -0.247. The molecule has 1 heterocycles. The molecule has 1 saturated heterocycles. The number of carbonyl (C=O) groups excluding carboxylic acids is 1. The van der Waals surface area contributed by atoms with E-state index in [1.54, 1.807) is 17.0 Å². The molecule has 1 aliphatic rings. The van der Waals surface area contributed by atoms with Gasteiger partial charge in [-0.3, -0.25) is 4.79 Å². The monoisotopic (exact) mass is 354 g/mol. The van der Waals surface area contributed by atoms with Gasteiger partial charge in [0.15, 0.2) is 6.61 Å². The van der Waals surface area contributed by atoms with Gasteiger partial charge in [-0.15, -0.1) is 0 Å². The molecule has 136 valence electrons. The first-order valence-corrected chi connectivity index (χ1v) is 8.58. The minimum absolute atomic E-state index is 0.0209. The number of aromatic carboxylic acids is 1. The molecule has 2 aromatic carbocycles. The molecule has 0 aromatic heterocycles. The fourth-order valence-corrected chi connectivity index (χ4v) is 2.97. The van der Waals surface area contributed by atoms with E-state index in [2.05, 4.69) is 4.90 Å². The van der Waals surface area contributed by atoms with Crippen LogP contribution in [0.15, 0.2) is 48.5 Å². The molecule has 6 heteroatoms. The Hall–Kier alpha value is -3.02. The van der Waals surface area contributed by atoms with Crippen molar-refractivity contribution in [1.29, 1.82) is 0 Å². The molecule has 26 heavy (non-hydrogen) atoms. The largest absolute Gasteiger partial charge is 0.484 e. The van der Waals surface area contributed by atoms with Crippen LogP contribution in [0.2, 0.25) is 0 Å². The molecule has 1 aliphatic heterocycles. The van der Waals surface area contributed by atoms with Gasteiger partial charge in [0, 0.05) is 31.9 Å². The molecule has 1 amide bonds. The molecule has 0 saturated carbocycles. The minimum atomic E-state index is -0.930. The topological polar surface area (TPSA) is 70.1 Å². The first-order chi connectivity index (χ1) is 12.5. The van der Waals surface area contributed by atoms with E-state index >= 15 is 0 Å². The molecule has 0 bridgehead atoms. The SMILES string of the molecule is Cc1cccc(OCC(=O)N2CCN(c3ccc(C(=O)O)cc3)CC2)c1. The lowest BCUT2D eigenvalue weighted by molar-refractivity contribution is -0.133. The first-order valence-electron chi connectivity index (χ1n) is 8.58. The molecule has 0 atom stereocenters. The predicted octanol–water partition coefficient (Wildman–Crippen LogP) is 2.42. The lowest BCUT2D eigenvalue weighted by Gasteiger charge is -2.36. The fraction of sp³-hybridized carbons (Fsp3) is 0.300. The Morgan fingerprint density at radius 3 is 2.35 bits per heavy atom. The molecule has 2 aromatic rings. The second kappa shape index (κ2) is 7.91. The van der Waals surface area contributed by atoms with E-state index in [1.807, 2.05) is 43.3 Å². The van der Waals surface area contributed by atoms with Crippen molar-refractivity contribution in [2.45, 2.75) is 6.92 Å². The molecule has 1 N–H and O–H groups in total. The number of piperazine rings is 1. The molecular weight excluding hydrogens is 332 g/mol. The maximum atomic E-state index is 12.3. The Morgan fingerprint density at radius 1 is 1.04 bits per heavy atom. The Labute approximate surface area is 152 Å². The predicted molar refractivity (Wildman–Crippen MR) is 98.9 cm³/mol. The third-order valence-corrected chi connectivity index (χ3v) is 4.46. The van der Waals surface area contributed by atoms with Crippen molar-refractivity contribution in [2.24, 2.45) is 0 Å². The summed E-state index contributed by atoms with van der Waals surface area (Å²) in [6.45, 7) is 4.69. The normalized spacial score (nSPS) is 14.2. The molecule has 0 aliphatic carbocycles. The Kier molecular flexibility index (Phi) is 5.41. The number of carbonyl (C=O) groups is 2. The Bertz CT molecular complexity index is 781. The summed E-state index contributed by atoms with van der Waals surface area (Å²) in [6.07, 6.45) is 0. The number of carboxylic acid groups (broad SMARTS) is 1. The van der Waals surface area contributed by atoms with Crippen LogP contribution < -0.4 is 9.64 Å². The van der Waals surface area contributed by atoms with Gasteiger partial charge >= 0.3 is 5.97 Å². The van der Waals surface area contributed by atoms with Gasteiger partial charge in [0.1, 0.15) is 5.75 Å². The zero-order valence-corrected chi connectivity index (χ0v) is 14.7. The number of anilines is 1. The van der Waals surface area contributed by atoms with Crippen LogP contribution in [0.25, 0.3) is 0 Å². The van der Waals surface area contributed by atoms with E-state index in [9.17, 15) is 9.59 Å². The summed E-state index contributed by atoms with van der Waals surface area (Å²) < 4.78 is 5.59. The van der Waals surface area contributed by atoms with Crippen molar-refractivity contribution >= 4 is 17.6 Å². The third kappa shape index (κ3) is 4.33. The van der Waals surface area contributed by atoms with Crippen molar-refractivity contribution in [3.05, 3.63) is 59.7 Å². The van der Waals surface area contributed by atoms with Crippen LogP contribution >= 0.6 is 0 Å². The summed E-state index contributed by atoms with van der Waals surface area (Å²) in [5.41, 5.74) is 2.34. The number of carboxylic acids is 1. The fourth-order valence-electron chi connectivity index (χ4n) is 2.97. The number of amides is 1. The van der Waals surface area contributed by atoms with Crippen LogP contribution in [0.4, 0.5) is 5.69 Å². The van der Waals surface area contributed by atoms with Crippen LogP contribution in [0.5, 0.6) is 5.75 Å². The standard InChI is InChI=1S/C20H22N2O4/c1-15-3-2-4-18(13-15)26-14-19(23)22-11-9-21(10-12-22)17-7-5-16(6-8-17)20(24)25/h2-8,13H,9-12,14H2,1H3,(H,24,25). The molecule has 0 radical (unpaired) electrons. The average Bonchev–Trinajstić information content (AvgIpc) is 2.66. The number of ether oxygens (including phenoxy) is 1. The molecule has 0 spiro atoms. The smallest absolute Gasteiger partial charge is 0.335 e. The first kappa shape index (κ1) is 17.8. The average molecular weight is 354 g/mol. The minimum Gasteiger partial charge on any atom is -0.484 e. The summed E-state index contributed by atoms with van der Waals surface area (Å²) in [6, 6.07) is 14.5. The van der Waals surface area contributed by atoms with Crippen molar-refractivity contribution in [2.75, 3.05) is 37.7 Å². The van der Waals surface area contributed by atoms with Crippen LogP contribution in [-0.4, -0.2) is 54.7 Å². The number of benzene rings is 2. The number of hydrogen-bond donors (Lipinski definition) is 1. The van der Waals surface area contributed by atoms with Crippen molar-refractivity contribution in [3.8, 4) is 5.75 Å². The zero-order valence-electron chi connectivity index (χ0n) is 14.7. The second-order valence-electron chi connectivity index (χ2n) is 6.33. The van der Waals surface area contributed by atoms with E-state index < -0.39 is 5.97 Å². The number of aryl methyl sites for hydroxylation is 1. The van der Waals surface area contributed by atoms with Gasteiger partial charge in [0.05, 0.1) is 5.56 Å². The molecule has 6 nitrogen and oxygen atoms in total. The van der Waals surface area contributed by atoms with Gasteiger partial charge in [-0.05, 0) is 48.9 Å². The van der Waals surface area contributed by atoms with Gasteiger partial charge in [-0.25, -0.2) is 4.79 Å².